The zero-order valence-electron chi connectivity index (χ0n) is 14.0. The van der Waals surface area contributed by atoms with Crippen LogP contribution in [0.4, 0.5) is 23.4 Å². The molecular weight excluding hydrogens is 390 g/mol. The molecule has 2 aromatic rings. The molecule has 5 nitrogen and oxygen atoms in total. The van der Waals surface area contributed by atoms with Crippen molar-refractivity contribution < 1.29 is 27.1 Å². The number of hydrogen-bond donors (Lipinski definition) is 1. The fourth-order valence-corrected chi connectivity index (χ4v) is 2.67. The standard InChI is InChI=1S/C17H14ClF4N3O2/c1-27-16(26)13-12(18)15(25-14(24-13)9-2-3-9)23-7-8-4-10(17(20,21)22)6-11(19)5-8/h4-6,9H,2-3,7H2,1H3,(H,23,24,25). The maximum absolute atomic E-state index is 13.5. The average molecular weight is 404 g/mol. The van der Waals surface area contributed by atoms with Crippen molar-refractivity contribution in [2.45, 2.75) is 31.5 Å². The van der Waals surface area contributed by atoms with Crippen LogP contribution < -0.4 is 5.32 Å². The lowest BCUT2D eigenvalue weighted by molar-refractivity contribution is -0.137. The SMILES string of the molecule is COC(=O)c1nc(C2CC2)nc(NCc2cc(F)cc(C(F)(F)F)c2)c1Cl. The summed E-state index contributed by atoms with van der Waals surface area (Å²) in [6.45, 7) is -0.178. The largest absolute Gasteiger partial charge is 0.464 e. The Balaban J connectivity index is 1.89. The number of nitrogens with one attached hydrogen (secondary N) is 1. The van der Waals surface area contributed by atoms with Crippen LogP contribution in [-0.2, 0) is 17.5 Å². The number of methoxy groups -OCH3 is 1. The van der Waals surface area contributed by atoms with E-state index in [0.717, 1.165) is 25.0 Å². The number of alkyl halides is 3. The predicted octanol–water partition coefficient (Wildman–Crippen LogP) is 4.56. The van der Waals surface area contributed by atoms with Crippen molar-refractivity contribution in [3.8, 4) is 0 Å². The Morgan fingerprint density at radius 2 is 2.00 bits per heavy atom. The first-order chi connectivity index (χ1) is 12.7. The van der Waals surface area contributed by atoms with E-state index in [-0.39, 0.29) is 34.6 Å². The van der Waals surface area contributed by atoms with E-state index < -0.39 is 23.5 Å². The van der Waals surface area contributed by atoms with Gasteiger partial charge in [0.25, 0.3) is 0 Å². The van der Waals surface area contributed by atoms with Crippen molar-refractivity contribution in [1.29, 1.82) is 0 Å². The number of halogens is 5. The maximum atomic E-state index is 13.5. The predicted molar refractivity (Wildman–Crippen MR) is 89.1 cm³/mol. The van der Waals surface area contributed by atoms with Gasteiger partial charge in [-0.25, -0.2) is 19.2 Å². The summed E-state index contributed by atoms with van der Waals surface area (Å²) in [5.74, 6) is -1.19. The van der Waals surface area contributed by atoms with Crippen LogP contribution in [0.3, 0.4) is 0 Å². The van der Waals surface area contributed by atoms with Gasteiger partial charge in [-0.1, -0.05) is 11.6 Å². The van der Waals surface area contributed by atoms with E-state index in [9.17, 15) is 22.4 Å². The van der Waals surface area contributed by atoms with Crippen molar-refractivity contribution in [3.05, 3.63) is 51.7 Å². The summed E-state index contributed by atoms with van der Waals surface area (Å²) < 4.78 is 56.6. The number of ether oxygens (including phenoxy) is 1. The van der Waals surface area contributed by atoms with E-state index in [1.165, 1.54) is 7.11 Å². The lowest BCUT2D eigenvalue weighted by Crippen LogP contribution is -2.13. The van der Waals surface area contributed by atoms with Gasteiger partial charge in [0.2, 0.25) is 0 Å². The minimum atomic E-state index is -4.67. The lowest BCUT2D eigenvalue weighted by Gasteiger charge is -2.13. The Bertz CT molecular complexity index is 885. The van der Waals surface area contributed by atoms with Gasteiger partial charge in [-0.05, 0) is 36.6 Å². The first-order valence-corrected chi connectivity index (χ1v) is 8.33. The van der Waals surface area contributed by atoms with Crippen LogP contribution in [0, 0.1) is 5.82 Å². The van der Waals surface area contributed by atoms with E-state index in [1.54, 1.807) is 0 Å². The molecule has 0 bridgehead atoms. The molecule has 1 heterocycles. The summed E-state index contributed by atoms with van der Waals surface area (Å²) in [7, 11) is 1.18. The van der Waals surface area contributed by atoms with Crippen molar-refractivity contribution in [1.82, 2.24) is 9.97 Å². The molecule has 1 N–H and O–H groups in total. The van der Waals surface area contributed by atoms with Gasteiger partial charge in [0.1, 0.15) is 22.5 Å². The number of esters is 1. The highest BCUT2D eigenvalue weighted by molar-refractivity contribution is 6.35. The molecule has 0 atom stereocenters. The topological polar surface area (TPSA) is 64.1 Å². The summed E-state index contributed by atoms with van der Waals surface area (Å²) in [6.07, 6.45) is -2.94. The van der Waals surface area contributed by atoms with Crippen molar-refractivity contribution in [2.75, 3.05) is 12.4 Å². The number of anilines is 1. The first kappa shape index (κ1) is 19.3. The molecule has 0 radical (unpaired) electrons. The van der Waals surface area contributed by atoms with Crippen LogP contribution in [-0.4, -0.2) is 23.0 Å². The number of aromatic nitrogens is 2. The van der Waals surface area contributed by atoms with E-state index in [1.807, 2.05) is 0 Å². The van der Waals surface area contributed by atoms with Crippen LogP contribution >= 0.6 is 11.6 Å². The molecule has 3 rings (SSSR count). The molecule has 1 saturated carbocycles. The highest BCUT2D eigenvalue weighted by Gasteiger charge is 2.32. The molecule has 1 aliphatic carbocycles. The van der Waals surface area contributed by atoms with Crippen LogP contribution in [0.15, 0.2) is 18.2 Å². The van der Waals surface area contributed by atoms with Gasteiger partial charge in [0.05, 0.1) is 12.7 Å². The number of nitrogens with zero attached hydrogens (tertiary/aromatic N) is 2. The van der Waals surface area contributed by atoms with Gasteiger partial charge < -0.3 is 10.1 Å². The molecular formula is C17H14ClF4N3O2. The lowest BCUT2D eigenvalue weighted by atomic mass is 10.1. The monoisotopic (exact) mass is 403 g/mol. The highest BCUT2D eigenvalue weighted by Crippen LogP contribution is 2.40. The molecule has 144 valence electrons. The van der Waals surface area contributed by atoms with Gasteiger partial charge >= 0.3 is 12.1 Å². The molecule has 0 amide bonds. The Labute approximate surface area is 156 Å². The Kier molecular flexibility index (Phi) is 5.23. The molecule has 0 aliphatic heterocycles. The Morgan fingerprint density at radius 3 is 2.59 bits per heavy atom. The van der Waals surface area contributed by atoms with Crippen molar-refractivity contribution in [3.63, 3.8) is 0 Å². The highest BCUT2D eigenvalue weighted by atomic mass is 35.5. The molecule has 10 heteroatoms. The third-order valence-corrected chi connectivity index (χ3v) is 4.29. The van der Waals surface area contributed by atoms with Crippen LogP contribution in [0.25, 0.3) is 0 Å². The van der Waals surface area contributed by atoms with Gasteiger partial charge in [-0.2, -0.15) is 13.2 Å². The Hall–Kier alpha value is -2.42. The summed E-state index contributed by atoms with van der Waals surface area (Å²) >= 11 is 6.14. The number of hydrogen-bond acceptors (Lipinski definition) is 5. The normalized spacial score (nSPS) is 14.1. The molecule has 1 aliphatic rings. The summed E-state index contributed by atoms with van der Waals surface area (Å²) in [4.78, 5) is 20.2. The van der Waals surface area contributed by atoms with Crippen LogP contribution in [0.5, 0.6) is 0 Å². The second-order valence-electron chi connectivity index (χ2n) is 6.06. The van der Waals surface area contributed by atoms with Gasteiger partial charge in [-0.3, -0.25) is 0 Å². The molecule has 1 aromatic heterocycles. The second kappa shape index (κ2) is 7.30. The van der Waals surface area contributed by atoms with Crippen molar-refractivity contribution >= 4 is 23.4 Å². The third-order valence-electron chi connectivity index (χ3n) is 3.93. The Morgan fingerprint density at radius 1 is 1.30 bits per heavy atom. The number of benzene rings is 1. The number of carbonyl (C=O) groups excluding carboxylic acids is 1. The molecule has 0 unspecified atom stereocenters. The fraction of sp³-hybridized carbons (Fsp3) is 0.353. The smallest absolute Gasteiger partial charge is 0.416 e. The molecule has 0 saturated heterocycles. The molecule has 27 heavy (non-hydrogen) atoms. The van der Waals surface area contributed by atoms with E-state index in [4.69, 9.17) is 11.6 Å². The second-order valence-corrected chi connectivity index (χ2v) is 6.44. The van der Waals surface area contributed by atoms with Crippen LogP contribution in [0.2, 0.25) is 5.02 Å². The minimum Gasteiger partial charge on any atom is -0.464 e. The quantitative estimate of drug-likeness (QED) is 0.585. The summed E-state index contributed by atoms with van der Waals surface area (Å²) in [5, 5.41) is 2.64. The number of carbonyl (C=O) groups is 1. The minimum absolute atomic E-state index is 0.0459. The van der Waals surface area contributed by atoms with Gasteiger partial charge in [0.15, 0.2) is 5.69 Å². The van der Waals surface area contributed by atoms with Crippen LogP contribution in [0.1, 0.15) is 46.2 Å². The first-order valence-electron chi connectivity index (χ1n) is 7.95. The van der Waals surface area contributed by atoms with Crippen molar-refractivity contribution in [2.24, 2.45) is 0 Å². The zero-order chi connectivity index (χ0) is 19.8. The van der Waals surface area contributed by atoms with E-state index in [0.29, 0.717) is 11.9 Å². The molecule has 1 fully saturated rings. The third kappa shape index (κ3) is 4.47. The zero-order valence-corrected chi connectivity index (χ0v) is 14.8. The summed E-state index contributed by atoms with van der Waals surface area (Å²) in [6, 6.07) is 2.22. The average Bonchev–Trinajstić information content (AvgIpc) is 3.44. The molecule has 1 aromatic carbocycles. The van der Waals surface area contributed by atoms with E-state index in [2.05, 4.69) is 20.0 Å². The fourth-order valence-electron chi connectivity index (χ4n) is 2.44. The molecule has 0 spiro atoms. The maximum Gasteiger partial charge on any atom is 0.416 e. The van der Waals surface area contributed by atoms with Gasteiger partial charge in [0, 0.05) is 12.5 Å². The summed E-state index contributed by atoms with van der Waals surface area (Å²) in [5.41, 5.74) is -1.18. The van der Waals surface area contributed by atoms with E-state index >= 15 is 0 Å². The van der Waals surface area contributed by atoms with Gasteiger partial charge in [-0.15, -0.1) is 0 Å². The number of rotatable bonds is 5.